The number of furan rings is 1. The zero-order valence-corrected chi connectivity index (χ0v) is 25.1. The van der Waals surface area contributed by atoms with Crippen molar-refractivity contribution in [1.82, 2.24) is 15.5 Å². The summed E-state index contributed by atoms with van der Waals surface area (Å²) >= 11 is 0. The van der Waals surface area contributed by atoms with Crippen LogP contribution in [0.1, 0.15) is 84.8 Å². The van der Waals surface area contributed by atoms with Crippen LogP contribution in [0.5, 0.6) is 11.5 Å². The van der Waals surface area contributed by atoms with Crippen LogP contribution >= 0.6 is 0 Å². The van der Waals surface area contributed by atoms with Crippen LogP contribution in [0.25, 0.3) is 11.0 Å². The second-order valence-corrected chi connectivity index (χ2v) is 12.7. The number of ether oxygens (including phenoxy) is 2. The first-order valence-electron chi connectivity index (χ1n) is 15.6. The maximum Gasteiger partial charge on any atom is 0.294 e. The largest absolute Gasteiger partial charge is 0.507 e. The van der Waals surface area contributed by atoms with Gasteiger partial charge in [0.2, 0.25) is 5.76 Å². The molecule has 0 bridgehead atoms. The van der Waals surface area contributed by atoms with Gasteiger partial charge in [0.15, 0.2) is 5.75 Å². The molecule has 3 aromatic rings. The van der Waals surface area contributed by atoms with Crippen LogP contribution in [0, 0.1) is 5.82 Å². The molecule has 1 unspecified atom stereocenters. The quantitative estimate of drug-likeness (QED) is 0.309. The first-order chi connectivity index (χ1) is 21.3. The molecule has 0 radical (unpaired) electrons. The summed E-state index contributed by atoms with van der Waals surface area (Å²) < 4.78 is 33.0. The molecule has 1 atom stereocenters. The van der Waals surface area contributed by atoms with Crippen LogP contribution in [0.3, 0.4) is 0 Å². The van der Waals surface area contributed by atoms with Crippen molar-refractivity contribution in [3.05, 3.63) is 70.4 Å². The number of carbonyl (C=O) groups excluding carboxylic acids is 2. The van der Waals surface area contributed by atoms with Gasteiger partial charge in [-0.25, -0.2) is 4.39 Å². The number of nitrogens with one attached hydrogen (secondary N) is 2. The van der Waals surface area contributed by atoms with Crippen LogP contribution < -0.4 is 15.4 Å². The number of hydrogen-bond acceptors (Lipinski definition) is 7. The number of methoxy groups -OCH3 is 1. The molecular formula is C34H38FN3O6. The minimum atomic E-state index is -0.937. The van der Waals surface area contributed by atoms with Crippen molar-refractivity contribution in [2.75, 3.05) is 13.7 Å². The van der Waals surface area contributed by atoms with Gasteiger partial charge < -0.3 is 34.5 Å². The molecule has 10 heteroatoms. The first-order valence-corrected chi connectivity index (χ1v) is 15.6. The fourth-order valence-electron chi connectivity index (χ4n) is 6.84. The highest BCUT2D eigenvalue weighted by atomic mass is 19.1. The number of rotatable bonds is 8. The average Bonchev–Trinajstić information content (AvgIpc) is 3.26. The maximum atomic E-state index is 14.7. The molecule has 1 aliphatic heterocycles. The normalized spacial score (nSPS) is 24.8. The van der Waals surface area contributed by atoms with Gasteiger partial charge in [-0.3, -0.25) is 9.59 Å². The molecule has 3 saturated carbocycles. The summed E-state index contributed by atoms with van der Waals surface area (Å²) in [7, 11) is 1.67. The summed E-state index contributed by atoms with van der Waals surface area (Å²) in [5, 5.41) is 17.5. The summed E-state index contributed by atoms with van der Waals surface area (Å²) in [6.45, 7) is 2.17. The first kappa shape index (κ1) is 28.7. The Hall–Kier alpha value is -4.05. The number of phenols is 1. The van der Waals surface area contributed by atoms with Crippen molar-refractivity contribution < 1.29 is 33.0 Å². The number of fused-ring (bicyclic) bond motifs is 3. The van der Waals surface area contributed by atoms with Crippen molar-refractivity contribution in [2.45, 2.75) is 88.6 Å². The van der Waals surface area contributed by atoms with Gasteiger partial charge in [-0.2, -0.15) is 0 Å². The summed E-state index contributed by atoms with van der Waals surface area (Å²) in [6, 6.07) is 9.52. The monoisotopic (exact) mass is 603 g/mol. The van der Waals surface area contributed by atoms with E-state index in [4.69, 9.17) is 13.9 Å². The number of halogens is 1. The Kier molecular flexibility index (Phi) is 7.27. The number of benzene rings is 2. The molecule has 9 nitrogen and oxygen atoms in total. The van der Waals surface area contributed by atoms with E-state index >= 15 is 0 Å². The van der Waals surface area contributed by atoms with E-state index in [1.807, 2.05) is 11.8 Å². The molecule has 2 aromatic carbocycles. The van der Waals surface area contributed by atoms with Gasteiger partial charge in [0.05, 0.1) is 11.5 Å². The molecule has 44 heavy (non-hydrogen) atoms. The third-order valence-electron chi connectivity index (χ3n) is 9.94. The SMILES string of the molecule is COC1CC(N2C(=O)c3oc4cc(C(=O)NC5CCC5)ccc4c3OCC2(C)C(NCc2c(O)cccc2F)=C2CCC2)C1. The molecular weight excluding hydrogens is 565 g/mol. The van der Waals surface area contributed by atoms with E-state index in [9.17, 15) is 19.1 Å². The Morgan fingerprint density at radius 2 is 1.98 bits per heavy atom. The molecule has 0 saturated heterocycles. The van der Waals surface area contributed by atoms with Crippen LogP contribution in [-0.2, 0) is 11.3 Å². The molecule has 3 aliphatic carbocycles. The molecule has 4 aliphatic rings. The topological polar surface area (TPSA) is 113 Å². The van der Waals surface area contributed by atoms with E-state index < -0.39 is 11.4 Å². The van der Waals surface area contributed by atoms with E-state index in [1.165, 1.54) is 18.2 Å². The lowest BCUT2D eigenvalue weighted by molar-refractivity contribution is -0.0495. The smallest absolute Gasteiger partial charge is 0.294 e. The Morgan fingerprint density at radius 3 is 2.64 bits per heavy atom. The summed E-state index contributed by atoms with van der Waals surface area (Å²) in [5.41, 5.74) is 2.08. The molecule has 2 amide bonds. The van der Waals surface area contributed by atoms with E-state index in [0.29, 0.717) is 35.1 Å². The molecule has 232 valence electrons. The van der Waals surface area contributed by atoms with E-state index in [2.05, 4.69) is 10.6 Å². The highest BCUT2D eigenvalue weighted by molar-refractivity contribution is 6.04. The van der Waals surface area contributed by atoms with Crippen LogP contribution in [0.4, 0.5) is 4.39 Å². The second-order valence-electron chi connectivity index (χ2n) is 12.7. The standard InChI is InChI=1S/C34H38FN3O6/c1-34(31(19-6-3-7-19)36-17-25-26(35)10-5-11-27(25)39)18-43-29-24-13-12-20(32(40)37-21-8-4-9-21)14-28(24)44-30(29)33(41)38(34)22-15-23(16-22)42-2/h5,10-14,21-23,36,39H,3-4,6-9,15-18H2,1-2H3,(H,37,40). The number of aromatic hydroxyl groups is 1. The third-order valence-corrected chi connectivity index (χ3v) is 9.94. The summed E-state index contributed by atoms with van der Waals surface area (Å²) in [4.78, 5) is 29.3. The predicted molar refractivity (Wildman–Crippen MR) is 161 cm³/mol. The maximum absolute atomic E-state index is 14.7. The molecule has 3 N–H and O–H groups in total. The number of hydrogen-bond donors (Lipinski definition) is 3. The lowest BCUT2D eigenvalue weighted by atomic mass is 9.79. The molecule has 0 spiro atoms. The third kappa shape index (κ3) is 4.80. The fourth-order valence-corrected chi connectivity index (χ4v) is 6.84. The van der Waals surface area contributed by atoms with Crippen molar-refractivity contribution in [3.63, 3.8) is 0 Å². The molecule has 1 aromatic heterocycles. The number of nitrogens with zero attached hydrogens (tertiary/aromatic N) is 1. The minimum Gasteiger partial charge on any atom is -0.507 e. The summed E-state index contributed by atoms with van der Waals surface area (Å²) in [6.07, 6.45) is 7.18. The van der Waals surface area contributed by atoms with Gasteiger partial charge in [-0.15, -0.1) is 0 Å². The molecule has 3 fully saturated rings. The summed E-state index contributed by atoms with van der Waals surface area (Å²) in [5.74, 6) is -0.626. The van der Waals surface area contributed by atoms with Crippen LogP contribution in [0.15, 0.2) is 52.1 Å². The Morgan fingerprint density at radius 1 is 1.18 bits per heavy atom. The van der Waals surface area contributed by atoms with Crippen molar-refractivity contribution in [2.24, 2.45) is 0 Å². The zero-order valence-electron chi connectivity index (χ0n) is 25.1. The van der Waals surface area contributed by atoms with Crippen LogP contribution in [-0.4, -0.2) is 59.3 Å². The highest BCUT2D eigenvalue weighted by Crippen LogP contribution is 2.46. The fraction of sp³-hybridized carbons (Fsp3) is 0.471. The van der Waals surface area contributed by atoms with Crippen molar-refractivity contribution in [1.29, 1.82) is 0 Å². The number of amides is 2. The minimum absolute atomic E-state index is 0.0382. The number of allylic oxidation sites excluding steroid dienone is 1. The lowest BCUT2D eigenvalue weighted by Gasteiger charge is -2.51. The Labute approximate surface area is 255 Å². The van der Waals surface area contributed by atoms with Crippen molar-refractivity contribution in [3.8, 4) is 11.5 Å². The average molecular weight is 604 g/mol. The molecule has 7 rings (SSSR count). The van der Waals surface area contributed by atoms with Crippen molar-refractivity contribution >= 4 is 22.8 Å². The van der Waals surface area contributed by atoms with E-state index in [-0.39, 0.29) is 60.2 Å². The second kappa shape index (κ2) is 11.1. The van der Waals surface area contributed by atoms with Gasteiger partial charge in [0, 0.05) is 42.6 Å². The van der Waals surface area contributed by atoms with Gasteiger partial charge >= 0.3 is 0 Å². The highest BCUT2D eigenvalue weighted by Gasteiger charge is 2.52. The Balaban J connectivity index is 1.25. The predicted octanol–water partition coefficient (Wildman–Crippen LogP) is 5.56. The van der Waals surface area contributed by atoms with Gasteiger partial charge in [0.25, 0.3) is 11.8 Å². The number of carbonyl (C=O) groups is 2. The zero-order chi connectivity index (χ0) is 30.6. The van der Waals surface area contributed by atoms with E-state index in [1.54, 1.807) is 25.3 Å². The van der Waals surface area contributed by atoms with Gasteiger partial charge in [-0.05, 0) is 94.2 Å². The van der Waals surface area contributed by atoms with Gasteiger partial charge in [0.1, 0.15) is 29.3 Å². The van der Waals surface area contributed by atoms with E-state index in [0.717, 1.165) is 49.8 Å². The van der Waals surface area contributed by atoms with Gasteiger partial charge in [-0.1, -0.05) is 6.07 Å². The molecule has 2 heterocycles. The van der Waals surface area contributed by atoms with Crippen LogP contribution in [0.2, 0.25) is 0 Å². The number of phenolic OH excluding ortho intramolecular Hbond substituents is 1. The lowest BCUT2D eigenvalue weighted by Crippen LogP contribution is -2.63. The Bertz CT molecular complexity index is 1630.